The Hall–Kier alpha value is -4.17. The quantitative estimate of drug-likeness (QED) is 0.245. The third-order valence-electron chi connectivity index (χ3n) is 7.97. The molecule has 1 N–H and O–H groups in total. The molecule has 0 radical (unpaired) electrons. The van der Waals surface area contributed by atoms with Gasteiger partial charge >= 0.3 is 0 Å². The fourth-order valence-electron chi connectivity index (χ4n) is 5.87. The van der Waals surface area contributed by atoms with E-state index < -0.39 is 6.04 Å². The van der Waals surface area contributed by atoms with Gasteiger partial charge in [-0.05, 0) is 82.1 Å². The third-order valence-corrected chi connectivity index (χ3v) is 7.97. The second-order valence-electron chi connectivity index (χ2n) is 10.7. The monoisotopic (exact) mass is 536 g/mol. The lowest BCUT2D eigenvalue weighted by molar-refractivity contribution is 0.190. The van der Waals surface area contributed by atoms with Crippen LogP contribution in [0.3, 0.4) is 0 Å². The third kappa shape index (κ3) is 5.45. The summed E-state index contributed by atoms with van der Waals surface area (Å²) in [6.45, 7) is 3.15. The number of hydrogen-bond acceptors (Lipinski definition) is 5. The highest BCUT2D eigenvalue weighted by molar-refractivity contribution is 5.80. The van der Waals surface area contributed by atoms with Gasteiger partial charge in [0.15, 0.2) is 5.82 Å². The summed E-state index contributed by atoms with van der Waals surface area (Å²) in [6, 6.07) is 24.5. The smallest absolute Gasteiger partial charge is 0.253 e. The number of fused-ring (bicyclic) bond motifs is 1. The van der Waals surface area contributed by atoms with Crippen LogP contribution in [-0.2, 0) is 19.5 Å². The Morgan fingerprint density at radius 2 is 1.65 bits per heavy atom. The van der Waals surface area contributed by atoms with Gasteiger partial charge in [-0.15, -0.1) is 5.10 Å². The minimum Gasteiger partial charge on any atom is -0.322 e. The average molecular weight is 537 g/mol. The van der Waals surface area contributed by atoms with E-state index >= 15 is 0 Å². The standard InChI is InChI=1S/C32H33FN6O/c1-2-22-14-17-29-25(18-22)19-28(32(40)34-29)30(31-35-36-37-39(31)27-10-6-7-11-27)38(20-23-8-4-3-5-9-23)21-24-12-15-26(33)16-13-24/h3-5,8-9,12-19,27,30H,2,6-7,10-11,20-21H2,1H3,(H,34,40). The molecule has 40 heavy (non-hydrogen) atoms. The Kier molecular flexibility index (Phi) is 7.51. The maximum absolute atomic E-state index is 13.8. The van der Waals surface area contributed by atoms with Gasteiger partial charge in [0, 0.05) is 24.2 Å². The summed E-state index contributed by atoms with van der Waals surface area (Å²) >= 11 is 0. The SMILES string of the molecule is CCc1ccc2[nH]c(=O)c(C(c3nnnn3C3CCCC3)N(Cc3ccccc3)Cc3ccc(F)cc3)cc2c1. The molecule has 1 atom stereocenters. The lowest BCUT2D eigenvalue weighted by Gasteiger charge is -2.32. The van der Waals surface area contributed by atoms with Crippen molar-refractivity contribution in [1.29, 1.82) is 0 Å². The summed E-state index contributed by atoms with van der Waals surface area (Å²) in [5, 5.41) is 14.1. The molecule has 2 heterocycles. The van der Waals surface area contributed by atoms with E-state index in [0.29, 0.717) is 24.5 Å². The van der Waals surface area contributed by atoms with Crippen LogP contribution in [0.1, 0.15) is 72.8 Å². The Bertz CT molecular complexity index is 1640. The van der Waals surface area contributed by atoms with Crippen LogP contribution in [0.5, 0.6) is 0 Å². The average Bonchev–Trinajstić information content (AvgIpc) is 3.68. The fourth-order valence-corrected chi connectivity index (χ4v) is 5.87. The summed E-state index contributed by atoms with van der Waals surface area (Å²) in [4.78, 5) is 19.1. The van der Waals surface area contributed by atoms with Crippen LogP contribution in [0.2, 0.25) is 0 Å². The zero-order valence-corrected chi connectivity index (χ0v) is 22.6. The molecule has 1 aliphatic rings. The first-order chi connectivity index (χ1) is 19.6. The number of aromatic nitrogens is 5. The predicted molar refractivity (Wildman–Crippen MR) is 153 cm³/mol. The molecule has 1 unspecified atom stereocenters. The first-order valence-electron chi connectivity index (χ1n) is 14.0. The van der Waals surface area contributed by atoms with Crippen molar-refractivity contribution >= 4 is 10.9 Å². The zero-order valence-electron chi connectivity index (χ0n) is 22.6. The Morgan fingerprint density at radius 3 is 2.38 bits per heavy atom. The largest absolute Gasteiger partial charge is 0.322 e. The van der Waals surface area contributed by atoms with Gasteiger partial charge in [0.2, 0.25) is 0 Å². The molecule has 1 aliphatic carbocycles. The number of hydrogen-bond donors (Lipinski definition) is 1. The summed E-state index contributed by atoms with van der Waals surface area (Å²) in [5.74, 6) is 0.374. The van der Waals surface area contributed by atoms with Crippen molar-refractivity contribution in [3.8, 4) is 0 Å². The van der Waals surface area contributed by atoms with Crippen molar-refractivity contribution in [3.63, 3.8) is 0 Å². The molecule has 5 aromatic rings. The van der Waals surface area contributed by atoms with E-state index in [1.165, 1.54) is 17.7 Å². The second kappa shape index (κ2) is 11.5. The number of aromatic amines is 1. The topological polar surface area (TPSA) is 79.7 Å². The van der Waals surface area contributed by atoms with Gasteiger partial charge in [0.1, 0.15) is 11.9 Å². The number of H-pyrrole nitrogens is 1. The lowest BCUT2D eigenvalue weighted by atomic mass is 10.00. The highest BCUT2D eigenvalue weighted by Crippen LogP contribution is 2.35. The van der Waals surface area contributed by atoms with E-state index in [1.54, 1.807) is 12.1 Å². The van der Waals surface area contributed by atoms with E-state index in [9.17, 15) is 9.18 Å². The Morgan fingerprint density at radius 1 is 0.950 bits per heavy atom. The number of rotatable bonds is 9. The lowest BCUT2D eigenvalue weighted by Crippen LogP contribution is -2.35. The maximum atomic E-state index is 13.8. The van der Waals surface area contributed by atoms with Gasteiger partial charge in [-0.1, -0.05) is 68.3 Å². The number of halogens is 1. The van der Waals surface area contributed by atoms with Gasteiger partial charge in [0.05, 0.1) is 6.04 Å². The van der Waals surface area contributed by atoms with Crippen LogP contribution in [-0.4, -0.2) is 30.1 Å². The summed E-state index contributed by atoms with van der Waals surface area (Å²) in [7, 11) is 0. The number of tetrazole rings is 1. The van der Waals surface area contributed by atoms with Crippen molar-refractivity contribution in [2.45, 2.75) is 64.2 Å². The molecule has 6 rings (SSSR count). The van der Waals surface area contributed by atoms with Gasteiger partial charge in [-0.2, -0.15) is 0 Å². The van der Waals surface area contributed by atoms with Crippen molar-refractivity contribution in [2.24, 2.45) is 0 Å². The normalized spacial score (nSPS) is 14.8. The molecular formula is C32H33FN6O. The van der Waals surface area contributed by atoms with E-state index in [0.717, 1.165) is 54.1 Å². The minimum absolute atomic E-state index is 0.167. The molecule has 0 amide bonds. The number of pyridine rings is 1. The van der Waals surface area contributed by atoms with Gasteiger partial charge in [0.25, 0.3) is 5.56 Å². The zero-order chi connectivity index (χ0) is 27.5. The molecule has 204 valence electrons. The highest BCUT2D eigenvalue weighted by atomic mass is 19.1. The second-order valence-corrected chi connectivity index (χ2v) is 10.7. The Balaban J connectivity index is 1.54. The predicted octanol–water partition coefficient (Wildman–Crippen LogP) is 6.12. The van der Waals surface area contributed by atoms with E-state index in [-0.39, 0.29) is 17.4 Å². The molecule has 7 nitrogen and oxygen atoms in total. The van der Waals surface area contributed by atoms with Crippen molar-refractivity contribution in [1.82, 2.24) is 30.1 Å². The van der Waals surface area contributed by atoms with Crippen LogP contribution >= 0.6 is 0 Å². The molecule has 0 spiro atoms. The summed E-state index contributed by atoms with van der Waals surface area (Å²) in [5.41, 5.74) is 4.46. The van der Waals surface area contributed by atoms with Gasteiger partial charge in [-0.25, -0.2) is 9.07 Å². The van der Waals surface area contributed by atoms with Crippen molar-refractivity contribution in [2.75, 3.05) is 0 Å². The number of benzene rings is 3. The van der Waals surface area contributed by atoms with E-state index in [2.05, 4.69) is 50.5 Å². The summed E-state index contributed by atoms with van der Waals surface area (Å²) in [6.07, 6.45) is 5.19. The summed E-state index contributed by atoms with van der Waals surface area (Å²) < 4.78 is 15.8. The molecular weight excluding hydrogens is 503 g/mol. The molecule has 1 saturated carbocycles. The van der Waals surface area contributed by atoms with Crippen LogP contribution in [0.4, 0.5) is 4.39 Å². The van der Waals surface area contributed by atoms with Crippen molar-refractivity contribution in [3.05, 3.63) is 123 Å². The minimum atomic E-state index is -0.528. The van der Waals surface area contributed by atoms with Gasteiger partial charge in [-0.3, -0.25) is 9.69 Å². The van der Waals surface area contributed by atoms with Crippen molar-refractivity contribution < 1.29 is 4.39 Å². The Labute approximate surface area is 232 Å². The molecule has 0 bridgehead atoms. The maximum Gasteiger partial charge on any atom is 0.253 e. The van der Waals surface area contributed by atoms with Crippen LogP contribution < -0.4 is 5.56 Å². The number of nitrogens with one attached hydrogen (secondary N) is 1. The van der Waals surface area contributed by atoms with E-state index in [1.807, 2.05) is 41.1 Å². The first-order valence-corrected chi connectivity index (χ1v) is 14.0. The molecule has 0 aliphatic heterocycles. The van der Waals surface area contributed by atoms with Crippen LogP contribution in [0.25, 0.3) is 10.9 Å². The molecule has 1 fully saturated rings. The molecule has 3 aromatic carbocycles. The fraction of sp³-hybridized carbons (Fsp3) is 0.312. The first kappa shape index (κ1) is 26.1. The van der Waals surface area contributed by atoms with Gasteiger partial charge < -0.3 is 4.98 Å². The van der Waals surface area contributed by atoms with Crippen LogP contribution in [0, 0.1) is 5.82 Å². The number of nitrogens with zero attached hydrogens (tertiary/aromatic N) is 5. The number of aryl methyl sites for hydroxylation is 1. The van der Waals surface area contributed by atoms with Crippen LogP contribution in [0.15, 0.2) is 83.7 Å². The highest BCUT2D eigenvalue weighted by Gasteiger charge is 2.33. The van der Waals surface area contributed by atoms with E-state index in [4.69, 9.17) is 0 Å². The molecule has 0 saturated heterocycles. The molecule has 2 aromatic heterocycles. The molecule has 8 heteroatoms.